The molecule has 0 aromatic carbocycles. The minimum Gasteiger partial charge on any atom is -0.351 e. The monoisotopic (exact) mass is 262 g/mol. The Labute approximate surface area is 116 Å². The molecule has 0 radical (unpaired) electrons. The largest absolute Gasteiger partial charge is 0.351 e. The van der Waals surface area contributed by atoms with Crippen molar-refractivity contribution >= 4 is 5.78 Å². The lowest BCUT2D eigenvalue weighted by Gasteiger charge is -2.20. The number of hydrogen-bond donors (Lipinski definition) is 0. The second-order valence-electron chi connectivity index (χ2n) is 5.95. The summed E-state index contributed by atoms with van der Waals surface area (Å²) in [5.41, 5.74) is 3.15. The van der Waals surface area contributed by atoms with E-state index in [1.165, 1.54) is 12.8 Å². The molecule has 0 amide bonds. The van der Waals surface area contributed by atoms with Crippen molar-refractivity contribution in [3.05, 3.63) is 23.0 Å². The van der Waals surface area contributed by atoms with E-state index in [1.807, 2.05) is 20.0 Å². The number of carbonyl (C=O) groups is 1. The van der Waals surface area contributed by atoms with Gasteiger partial charge >= 0.3 is 0 Å². The van der Waals surface area contributed by atoms with Crippen LogP contribution in [-0.4, -0.2) is 34.9 Å². The highest BCUT2D eigenvalue weighted by atomic mass is 16.1. The molecule has 0 unspecified atom stereocenters. The zero-order chi connectivity index (χ0) is 14.0. The lowest BCUT2D eigenvalue weighted by atomic mass is 10.1. The minimum absolute atomic E-state index is 0.273. The Morgan fingerprint density at radius 3 is 2.58 bits per heavy atom. The van der Waals surface area contributed by atoms with E-state index >= 15 is 0 Å². The molecule has 0 spiro atoms. The molecular formula is C16H26N2O. The third-order valence-corrected chi connectivity index (χ3v) is 4.20. The molecule has 3 heteroatoms. The van der Waals surface area contributed by atoms with E-state index in [4.69, 9.17) is 0 Å². The zero-order valence-electron chi connectivity index (χ0n) is 12.7. The predicted octanol–water partition coefficient (Wildman–Crippen LogP) is 2.95. The summed E-state index contributed by atoms with van der Waals surface area (Å²) in [4.78, 5) is 14.8. The second-order valence-corrected chi connectivity index (χ2v) is 5.95. The van der Waals surface area contributed by atoms with Crippen LogP contribution in [0.5, 0.6) is 0 Å². The van der Waals surface area contributed by atoms with Crippen LogP contribution in [0.2, 0.25) is 0 Å². The fourth-order valence-corrected chi connectivity index (χ4v) is 2.64. The van der Waals surface area contributed by atoms with Crippen molar-refractivity contribution < 1.29 is 4.79 Å². The molecule has 1 aromatic rings. The third-order valence-electron chi connectivity index (χ3n) is 4.20. The van der Waals surface area contributed by atoms with E-state index in [0.29, 0.717) is 6.54 Å². The number of aromatic nitrogens is 1. The van der Waals surface area contributed by atoms with Gasteiger partial charge in [-0.2, -0.15) is 0 Å². The van der Waals surface area contributed by atoms with Crippen molar-refractivity contribution in [3.63, 3.8) is 0 Å². The van der Waals surface area contributed by atoms with Gasteiger partial charge in [-0.3, -0.25) is 9.69 Å². The quantitative estimate of drug-likeness (QED) is 0.706. The molecule has 1 saturated carbocycles. The second kappa shape index (κ2) is 5.91. The molecule has 0 saturated heterocycles. The minimum atomic E-state index is 0.273. The van der Waals surface area contributed by atoms with E-state index < -0.39 is 0 Å². The molecule has 1 heterocycles. The van der Waals surface area contributed by atoms with Gasteiger partial charge in [-0.1, -0.05) is 6.92 Å². The number of nitrogens with zero attached hydrogens (tertiary/aromatic N) is 2. The van der Waals surface area contributed by atoms with Gasteiger partial charge in [-0.15, -0.1) is 0 Å². The van der Waals surface area contributed by atoms with E-state index in [2.05, 4.69) is 23.3 Å². The Morgan fingerprint density at radius 2 is 2.11 bits per heavy atom. The van der Waals surface area contributed by atoms with Crippen molar-refractivity contribution in [2.75, 3.05) is 19.6 Å². The molecular weight excluding hydrogens is 236 g/mol. The molecule has 0 N–H and O–H groups in total. The average Bonchev–Trinajstić information content (AvgIpc) is 3.13. The van der Waals surface area contributed by atoms with Gasteiger partial charge in [-0.25, -0.2) is 0 Å². The summed E-state index contributed by atoms with van der Waals surface area (Å²) >= 11 is 0. The Bertz CT molecular complexity index is 458. The van der Waals surface area contributed by atoms with Crippen LogP contribution in [-0.2, 0) is 7.05 Å². The molecule has 3 nitrogen and oxygen atoms in total. The summed E-state index contributed by atoms with van der Waals surface area (Å²) in [6, 6.07) is 2.03. The molecule has 106 valence electrons. The van der Waals surface area contributed by atoms with Gasteiger partial charge in [0, 0.05) is 30.5 Å². The Kier molecular flexibility index (Phi) is 4.46. The predicted molar refractivity (Wildman–Crippen MR) is 78.7 cm³/mol. The van der Waals surface area contributed by atoms with Crippen LogP contribution in [0.15, 0.2) is 6.07 Å². The average molecular weight is 262 g/mol. The van der Waals surface area contributed by atoms with Crippen LogP contribution >= 0.6 is 0 Å². The Hall–Kier alpha value is -1.09. The molecule has 1 aliphatic carbocycles. The highest BCUT2D eigenvalue weighted by Crippen LogP contribution is 2.29. The zero-order valence-corrected chi connectivity index (χ0v) is 12.7. The maximum atomic E-state index is 12.5. The molecule has 19 heavy (non-hydrogen) atoms. The maximum absolute atomic E-state index is 12.5. The topological polar surface area (TPSA) is 25.2 Å². The fraction of sp³-hybridized carbons (Fsp3) is 0.688. The summed E-state index contributed by atoms with van der Waals surface area (Å²) < 4.78 is 2.10. The standard InChI is InChI=1S/C16H26N2O/c1-5-8-18(10-14-6-7-14)11-16(19)15-9-12(2)17(4)13(15)3/h9,14H,5-8,10-11H2,1-4H3. The summed E-state index contributed by atoms with van der Waals surface area (Å²) in [5, 5.41) is 0. The van der Waals surface area contributed by atoms with E-state index in [9.17, 15) is 4.79 Å². The summed E-state index contributed by atoms with van der Waals surface area (Å²) in [5.74, 6) is 1.12. The van der Waals surface area contributed by atoms with Crippen LogP contribution in [0.4, 0.5) is 0 Å². The molecule has 1 aliphatic rings. The van der Waals surface area contributed by atoms with E-state index in [-0.39, 0.29) is 5.78 Å². The van der Waals surface area contributed by atoms with Gasteiger partial charge in [0.1, 0.15) is 0 Å². The molecule has 0 atom stereocenters. The van der Waals surface area contributed by atoms with E-state index in [1.54, 1.807) is 0 Å². The fourth-order valence-electron chi connectivity index (χ4n) is 2.64. The first-order valence-corrected chi connectivity index (χ1v) is 7.41. The first-order chi connectivity index (χ1) is 9.02. The Morgan fingerprint density at radius 1 is 1.42 bits per heavy atom. The van der Waals surface area contributed by atoms with Gasteiger partial charge < -0.3 is 4.57 Å². The molecule has 1 fully saturated rings. The van der Waals surface area contributed by atoms with E-state index in [0.717, 1.165) is 42.4 Å². The maximum Gasteiger partial charge on any atom is 0.178 e. The Balaban J connectivity index is 2.02. The van der Waals surface area contributed by atoms with Crippen LogP contribution in [0.1, 0.15) is 47.9 Å². The summed E-state index contributed by atoms with van der Waals surface area (Å²) in [6.07, 6.45) is 3.81. The van der Waals surface area contributed by atoms with Gasteiger partial charge in [0.2, 0.25) is 0 Å². The van der Waals surface area contributed by atoms with Crippen molar-refractivity contribution in [1.29, 1.82) is 0 Å². The summed E-state index contributed by atoms with van der Waals surface area (Å²) in [7, 11) is 2.02. The van der Waals surface area contributed by atoms with Gasteiger partial charge in [-0.05, 0) is 51.6 Å². The number of carbonyl (C=O) groups excluding carboxylic acids is 1. The first kappa shape index (κ1) is 14.3. The number of rotatable bonds is 7. The SMILES string of the molecule is CCCN(CC(=O)c1cc(C)n(C)c1C)CC1CC1. The lowest BCUT2D eigenvalue weighted by Crippen LogP contribution is -2.32. The molecule has 2 rings (SSSR count). The van der Waals surface area contributed by atoms with Gasteiger partial charge in [0.25, 0.3) is 0 Å². The first-order valence-electron chi connectivity index (χ1n) is 7.41. The van der Waals surface area contributed by atoms with Gasteiger partial charge in [0.15, 0.2) is 5.78 Å². The van der Waals surface area contributed by atoms with Crippen LogP contribution in [0, 0.1) is 19.8 Å². The van der Waals surface area contributed by atoms with Gasteiger partial charge in [0.05, 0.1) is 6.54 Å². The van der Waals surface area contributed by atoms with Crippen LogP contribution in [0.3, 0.4) is 0 Å². The lowest BCUT2D eigenvalue weighted by molar-refractivity contribution is 0.0926. The third kappa shape index (κ3) is 3.47. The number of hydrogen-bond acceptors (Lipinski definition) is 2. The van der Waals surface area contributed by atoms with Crippen molar-refractivity contribution in [2.24, 2.45) is 13.0 Å². The van der Waals surface area contributed by atoms with Crippen molar-refractivity contribution in [1.82, 2.24) is 9.47 Å². The molecule has 1 aromatic heterocycles. The normalized spacial score (nSPS) is 15.2. The van der Waals surface area contributed by atoms with Crippen LogP contribution in [0.25, 0.3) is 0 Å². The van der Waals surface area contributed by atoms with Crippen LogP contribution < -0.4 is 0 Å². The molecule has 0 bridgehead atoms. The van der Waals surface area contributed by atoms with Crippen molar-refractivity contribution in [3.8, 4) is 0 Å². The summed E-state index contributed by atoms with van der Waals surface area (Å²) in [6.45, 7) is 8.98. The number of aryl methyl sites for hydroxylation is 1. The smallest absolute Gasteiger partial charge is 0.178 e. The number of ketones is 1. The molecule has 0 aliphatic heterocycles. The number of Topliss-reactive ketones (excluding diaryl/α,β-unsaturated/α-hetero) is 1. The van der Waals surface area contributed by atoms with Crippen molar-refractivity contribution in [2.45, 2.75) is 40.0 Å². The highest BCUT2D eigenvalue weighted by Gasteiger charge is 2.25. The highest BCUT2D eigenvalue weighted by molar-refractivity contribution is 5.99.